The van der Waals surface area contributed by atoms with Crippen LogP contribution in [0.5, 0.6) is 0 Å². The zero-order valence-electron chi connectivity index (χ0n) is 44.3. The Hall–Kier alpha value is -2.54. The number of aliphatic carboxylic acids is 1. The fraction of sp³-hybridized carbons (Fsp3) is 0.895. The average Bonchev–Trinajstić information content (AvgIpc) is 3.33. The van der Waals surface area contributed by atoms with E-state index in [4.69, 9.17) is 23.7 Å². The van der Waals surface area contributed by atoms with E-state index in [1.54, 1.807) is 0 Å². The third-order valence-corrected chi connectivity index (χ3v) is 13.3. The lowest BCUT2D eigenvalue weighted by atomic mass is 9.98. The van der Waals surface area contributed by atoms with Crippen molar-refractivity contribution in [3.63, 3.8) is 0 Å². The molecule has 0 aromatic carbocycles. The van der Waals surface area contributed by atoms with Crippen LogP contribution in [0.2, 0.25) is 0 Å². The van der Waals surface area contributed by atoms with Gasteiger partial charge in [0.25, 0.3) is 0 Å². The summed E-state index contributed by atoms with van der Waals surface area (Å²) in [7, 11) is 0. The van der Waals surface area contributed by atoms with Gasteiger partial charge in [0.1, 0.15) is 18.8 Å². The standard InChI is InChI=1S/C57H104O12/c1-4-7-10-13-16-19-22-23-24-25-26-27-30-31-34-37-40-43-49(58)65-46-48(67-50(59)44-41-38-35-32-28-20-17-14-11-8-5-2)47-66-57-55(53(62)52(61)54(69-57)56(63)64)68-51(60)45-42-39-36-33-29-21-18-15-12-9-6-3/h15,18,48,52-55,57,61-62H,4-14,16-17,19-47H2,1-3H3,(H,63,64)/b18-15-. The van der Waals surface area contributed by atoms with Crippen LogP contribution in [-0.2, 0) is 42.9 Å². The largest absolute Gasteiger partial charge is 0.479 e. The summed E-state index contributed by atoms with van der Waals surface area (Å²) in [4.78, 5) is 50.9. The molecule has 0 radical (unpaired) electrons. The Kier molecular flexibility index (Phi) is 43.5. The van der Waals surface area contributed by atoms with Crippen LogP contribution in [0.15, 0.2) is 12.2 Å². The van der Waals surface area contributed by atoms with Crippen LogP contribution in [0, 0.1) is 0 Å². The quantitative estimate of drug-likeness (QED) is 0.0228. The minimum atomic E-state index is -1.90. The second-order valence-corrected chi connectivity index (χ2v) is 19.9. The zero-order chi connectivity index (χ0) is 50.4. The van der Waals surface area contributed by atoms with Gasteiger partial charge >= 0.3 is 23.9 Å². The molecule has 12 heteroatoms. The first kappa shape index (κ1) is 64.5. The number of allylic oxidation sites excluding steroid dienone is 2. The Balaban J connectivity index is 2.66. The molecule has 69 heavy (non-hydrogen) atoms. The molecule has 0 aliphatic carbocycles. The smallest absolute Gasteiger partial charge is 0.335 e. The van der Waals surface area contributed by atoms with Crippen molar-refractivity contribution in [3.8, 4) is 0 Å². The molecule has 1 heterocycles. The summed E-state index contributed by atoms with van der Waals surface area (Å²) >= 11 is 0. The van der Waals surface area contributed by atoms with Crippen molar-refractivity contribution >= 4 is 23.9 Å². The van der Waals surface area contributed by atoms with Crippen LogP contribution in [0.3, 0.4) is 0 Å². The molecule has 3 N–H and O–H groups in total. The summed E-state index contributed by atoms with van der Waals surface area (Å²) in [6.45, 7) is 5.96. The van der Waals surface area contributed by atoms with E-state index in [1.807, 2.05) is 0 Å². The predicted octanol–water partition coefficient (Wildman–Crippen LogP) is 14.1. The summed E-state index contributed by atoms with van der Waals surface area (Å²) in [5.41, 5.74) is 0. The van der Waals surface area contributed by atoms with Crippen molar-refractivity contribution in [2.75, 3.05) is 13.2 Å². The van der Waals surface area contributed by atoms with Crippen molar-refractivity contribution < 1.29 is 58.2 Å². The lowest BCUT2D eigenvalue weighted by molar-refractivity contribution is -0.301. The van der Waals surface area contributed by atoms with Gasteiger partial charge in [-0.05, 0) is 38.5 Å². The van der Waals surface area contributed by atoms with E-state index in [1.165, 1.54) is 141 Å². The van der Waals surface area contributed by atoms with Gasteiger partial charge in [-0.15, -0.1) is 0 Å². The summed E-state index contributed by atoms with van der Waals surface area (Å²) in [6, 6.07) is 0. The van der Waals surface area contributed by atoms with Crippen molar-refractivity contribution in [2.24, 2.45) is 0 Å². The Morgan fingerprint density at radius 1 is 0.464 bits per heavy atom. The highest BCUT2D eigenvalue weighted by atomic mass is 16.7. The van der Waals surface area contributed by atoms with E-state index in [2.05, 4.69) is 32.9 Å². The molecule has 0 bridgehead atoms. The number of esters is 3. The van der Waals surface area contributed by atoms with E-state index in [0.717, 1.165) is 77.0 Å². The Morgan fingerprint density at radius 2 is 0.841 bits per heavy atom. The molecule has 1 aliphatic heterocycles. The first-order valence-corrected chi connectivity index (χ1v) is 28.7. The highest BCUT2D eigenvalue weighted by Crippen LogP contribution is 2.26. The number of carbonyl (C=O) groups excluding carboxylic acids is 3. The van der Waals surface area contributed by atoms with Crippen molar-refractivity contribution in [1.29, 1.82) is 0 Å². The second-order valence-electron chi connectivity index (χ2n) is 19.9. The van der Waals surface area contributed by atoms with Crippen LogP contribution in [0.1, 0.15) is 278 Å². The maximum absolute atomic E-state index is 13.1. The van der Waals surface area contributed by atoms with Crippen LogP contribution in [0.25, 0.3) is 0 Å². The molecule has 404 valence electrons. The van der Waals surface area contributed by atoms with Crippen LogP contribution >= 0.6 is 0 Å². The van der Waals surface area contributed by atoms with E-state index in [-0.39, 0.29) is 25.9 Å². The molecular weight excluding hydrogens is 877 g/mol. The third-order valence-electron chi connectivity index (χ3n) is 13.3. The molecular formula is C57H104O12. The number of hydrogen-bond acceptors (Lipinski definition) is 11. The number of carbonyl (C=O) groups is 4. The fourth-order valence-electron chi connectivity index (χ4n) is 8.88. The van der Waals surface area contributed by atoms with Crippen molar-refractivity contribution in [2.45, 2.75) is 314 Å². The lowest BCUT2D eigenvalue weighted by Crippen LogP contribution is -2.61. The van der Waals surface area contributed by atoms with Gasteiger partial charge in [-0.1, -0.05) is 232 Å². The molecule has 0 saturated carbocycles. The molecule has 6 unspecified atom stereocenters. The van der Waals surface area contributed by atoms with Crippen LogP contribution in [0.4, 0.5) is 0 Å². The number of hydrogen-bond donors (Lipinski definition) is 3. The molecule has 0 aromatic rings. The molecule has 0 spiro atoms. The Morgan fingerprint density at radius 3 is 1.28 bits per heavy atom. The fourth-order valence-corrected chi connectivity index (χ4v) is 8.88. The van der Waals surface area contributed by atoms with Crippen LogP contribution in [-0.4, -0.2) is 89.2 Å². The molecule has 1 aliphatic rings. The average molecular weight is 981 g/mol. The summed E-state index contributed by atoms with van der Waals surface area (Å²) in [5, 5.41) is 31.3. The van der Waals surface area contributed by atoms with Gasteiger partial charge in [0.15, 0.2) is 24.6 Å². The van der Waals surface area contributed by atoms with Gasteiger partial charge in [-0.2, -0.15) is 0 Å². The third kappa shape index (κ3) is 37.0. The predicted molar refractivity (Wildman–Crippen MR) is 276 cm³/mol. The van der Waals surface area contributed by atoms with E-state index < -0.39 is 67.3 Å². The minimum Gasteiger partial charge on any atom is -0.479 e. The number of carboxylic acids is 1. The van der Waals surface area contributed by atoms with Crippen LogP contribution < -0.4 is 0 Å². The van der Waals surface area contributed by atoms with E-state index in [9.17, 15) is 34.5 Å². The van der Waals surface area contributed by atoms with Gasteiger partial charge in [0.05, 0.1) is 6.61 Å². The number of unbranched alkanes of at least 4 members (excludes halogenated alkanes) is 33. The maximum Gasteiger partial charge on any atom is 0.335 e. The van der Waals surface area contributed by atoms with Gasteiger partial charge in [-0.3, -0.25) is 14.4 Å². The summed E-state index contributed by atoms with van der Waals surface area (Å²) < 4.78 is 28.4. The first-order chi connectivity index (χ1) is 33.6. The lowest BCUT2D eigenvalue weighted by Gasteiger charge is -2.40. The molecule has 1 fully saturated rings. The number of carboxylic acid groups (broad SMARTS) is 1. The number of rotatable bonds is 49. The van der Waals surface area contributed by atoms with E-state index in [0.29, 0.717) is 19.3 Å². The first-order valence-electron chi connectivity index (χ1n) is 28.7. The van der Waals surface area contributed by atoms with Crippen molar-refractivity contribution in [3.05, 3.63) is 12.2 Å². The molecule has 0 amide bonds. The van der Waals surface area contributed by atoms with Gasteiger partial charge in [0, 0.05) is 19.3 Å². The Labute approximate surface area is 420 Å². The maximum atomic E-state index is 13.1. The number of aliphatic hydroxyl groups is 2. The minimum absolute atomic E-state index is 0.0555. The molecule has 1 rings (SSSR count). The zero-order valence-corrected chi connectivity index (χ0v) is 44.3. The molecule has 1 saturated heterocycles. The highest BCUT2D eigenvalue weighted by Gasteiger charge is 2.50. The second kappa shape index (κ2) is 46.5. The summed E-state index contributed by atoms with van der Waals surface area (Å²) in [6.07, 6.45) is 37.7. The summed E-state index contributed by atoms with van der Waals surface area (Å²) in [5.74, 6) is -3.10. The van der Waals surface area contributed by atoms with Crippen molar-refractivity contribution in [1.82, 2.24) is 0 Å². The molecule has 0 aromatic heterocycles. The molecule has 6 atom stereocenters. The SMILES string of the molecule is CCCC/C=C\CCCCCCCC(=O)OC1C(OCC(COC(=O)CCCCCCCCCCCCCCCCCCC)OC(=O)CCCCCCCCCCCCC)OC(C(=O)O)C(O)C1O. The number of ether oxygens (including phenoxy) is 5. The normalized spacial score (nSPS) is 18.7. The Bertz CT molecular complexity index is 1260. The monoisotopic (exact) mass is 981 g/mol. The highest BCUT2D eigenvalue weighted by molar-refractivity contribution is 5.74. The number of aliphatic hydroxyl groups excluding tert-OH is 2. The molecule has 12 nitrogen and oxygen atoms in total. The van der Waals surface area contributed by atoms with Gasteiger partial charge in [-0.25, -0.2) is 4.79 Å². The van der Waals surface area contributed by atoms with Gasteiger partial charge < -0.3 is 39.0 Å². The topological polar surface area (TPSA) is 175 Å². The van der Waals surface area contributed by atoms with Gasteiger partial charge in [0.2, 0.25) is 0 Å². The van der Waals surface area contributed by atoms with E-state index >= 15 is 0 Å².